The number of fused-ring (bicyclic) bond motifs is 1. The first-order chi connectivity index (χ1) is 14.4. The number of aryl methyl sites for hydroxylation is 1. The van der Waals surface area contributed by atoms with Crippen molar-refractivity contribution in [1.29, 1.82) is 0 Å². The van der Waals surface area contributed by atoms with Crippen molar-refractivity contribution in [1.82, 2.24) is 9.38 Å². The molecule has 0 aliphatic heterocycles. The Morgan fingerprint density at radius 2 is 1.60 bits per heavy atom. The number of hydrogen-bond acceptors (Lipinski definition) is 4. The van der Waals surface area contributed by atoms with Crippen molar-refractivity contribution in [3.8, 4) is 5.88 Å². The largest absolute Gasteiger partial charge is 0.472 e. The average Bonchev–Trinajstić information content (AvgIpc) is 2.75. The maximum Gasteiger partial charge on any atom is 0.264 e. The second-order valence-corrected chi connectivity index (χ2v) is 7.03. The lowest BCUT2D eigenvalue weighted by molar-refractivity contribution is 0.103. The molecule has 0 atom stereocenters. The van der Waals surface area contributed by atoms with Crippen LogP contribution < -0.4 is 10.3 Å². The molecule has 0 N–H and O–H groups in total. The highest BCUT2D eigenvalue weighted by Crippen LogP contribution is 2.17. The number of nitrogens with zero attached hydrogens (tertiary/aromatic N) is 2. The fourth-order valence-corrected chi connectivity index (χ4v) is 3.21. The minimum Gasteiger partial charge on any atom is -0.472 e. The number of hydrogen-bond donors (Lipinski definition) is 0. The van der Waals surface area contributed by atoms with Crippen molar-refractivity contribution >= 4 is 11.4 Å². The van der Waals surface area contributed by atoms with E-state index in [2.05, 4.69) is 4.98 Å². The Labute approximate surface area is 172 Å². The third-order valence-corrected chi connectivity index (χ3v) is 4.92. The van der Waals surface area contributed by atoms with E-state index in [0.29, 0.717) is 22.3 Å². The predicted molar refractivity (Wildman–Crippen MR) is 112 cm³/mol. The van der Waals surface area contributed by atoms with E-state index in [1.165, 1.54) is 24.3 Å². The molecule has 0 amide bonds. The average molecular weight is 402 g/mol. The predicted octanol–water partition coefficient (Wildman–Crippen LogP) is 4.26. The monoisotopic (exact) mass is 402 g/mol. The van der Waals surface area contributed by atoms with Crippen LogP contribution in [0.1, 0.15) is 32.7 Å². The van der Waals surface area contributed by atoms with Crippen molar-refractivity contribution in [2.24, 2.45) is 0 Å². The van der Waals surface area contributed by atoms with Gasteiger partial charge in [-0.25, -0.2) is 4.39 Å². The van der Waals surface area contributed by atoms with Crippen LogP contribution in [0.5, 0.6) is 5.88 Å². The summed E-state index contributed by atoms with van der Waals surface area (Å²) in [5.41, 5.74) is 3.36. The molecule has 2 aromatic carbocycles. The molecule has 2 aromatic heterocycles. The zero-order valence-corrected chi connectivity index (χ0v) is 16.6. The molecule has 0 saturated heterocycles. The molecule has 0 fully saturated rings. The molecule has 0 saturated carbocycles. The SMILES string of the molecule is Cc1c(OCc2ccc(C(=O)c3ccc(F)cc3)cc2)nc2cccc(C)n2c1=O. The van der Waals surface area contributed by atoms with Gasteiger partial charge in [0, 0.05) is 16.8 Å². The molecule has 0 bridgehead atoms. The van der Waals surface area contributed by atoms with E-state index in [4.69, 9.17) is 4.74 Å². The standard InChI is InChI=1S/C24H19FN2O3/c1-15-4-3-5-21-26-23(16(2)24(29)27(15)21)30-14-17-6-8-18(9-7-17)22(28)19-10-12-20(25)13-11-19/h3-13H,14H2,1-2H3. The first-order valence-electron chi connectivity index (χ1n) is 9.45. The number of rotatable bonds is 5. The van der Waals surface area contributed by atoms with Gasteiger partial charge in [0.2, 0.25) is 5.88 Å². The van der Waals surface area contributed by atoms with Crippen molar-refractivity contribution in [2.45, 2.75) is 20.5 Å². The maximum absolute atomic E-state index is 13.0. The Balaban J connectivity index is 1.52. The zero-order chi connectivity index (χ0) is 21.3. The van der Waals surface area contributed by atoms with Gasteiger partial charge in [-0.05, 0) is 55.8 Å². The molecule has 6 heteroatoms. The van der Waals surface area contributed by atoms with Gasteiger partial charge in [-0.15, -0.1) is 0 Å². The van der Waals surface area contributed by atoms with Crippen LogP contribution in [0.15, 0.2) is 71.5 Å². The maximum atomic E-state index is 13.0. The number of ketones is 1. The molecular weight excluding hydrogens is 383 g/mol. The lowest BCUT2D eigenvalue weighted by Gasteiger charge is -2.11. The molecule has 0 radical (unpaired) electrons. The molecule has 2 heterocycles. The molecule has 0 spiro atoms. The molecule has 0 aliphatic carbocycles. The molecule has 0 aliphatic rings. The van der Waals surface area contributed by atoms with Crippen molar-refractivity contribution in [2.75, 3.05) is 0 Å². The van der Waals surface area contributed by atoms with Gasteiger partial charge in [0.1, 0.15) is 18.1 Å². The van der Waals surface area contributed by atoms with E-state index < -0.39 is 0 Å². The van der Waals surface area contributed by atoms with Crippen molar-refractivity contribution in [3.05, 3.63) is 111 Å². The van der Waals surface area contributed by atoms with Crippen LogP contribution in [0.2, 0.25) is 0 Å². The van der Waals surface area contributed by atoms with Gasteiger partial charge in [-0.1, -0.05) is 30.3 Å². The van der Waals surface area contributed by atoms with Gasteiger partial charge in [0.15, 0.2) is 5.78 Å². The van der Waals surface area contributed by atoms with Crippen molar-refractivity contribution < 1.29 is 13.9 Å². The lowest BCUT2D eigenvalue weighted by Crippen LogP contribution is -2.21. The van der Waals surface area contributed by atoms with Gasteiger partial charge >= 0.3 is 0 Å². The zero-order valence-electron chi connectivity index (χ0n) is 16.6. The molecule has 4 aromatic rings. The summed E-state index contributed by atoms with van der Waals surface area (Å²) >= 11 is 0. The van der Waals surface area contributed by atoms with Crippen LogP contribution in [-0.4, -0.2) is 15.2 Å². The van der Waals surface area contributed by atoms with Gasteiger partial charge < -0.3 is 4.74 Å². The van der Waals surface area contributed by atoms with Crippen molar-refractivity contribution in [3.63, 3.8) is 0 Å². The van der Waals surface area contributed by atoms with Gasteiger partial charge in [0.25, 0.3) is 5.56 Å². The van der Waals surface area contributed by atoms with Crippen LogP contribution in [0.3, 0.4) is 0 Å². The Kier molecular flexibility index (Phi) is 5.14. The van der Waals surface area contributed by atoms with Gasteiger partial charge in [-0.3, -0.25) is 14.0 Å². The summed E-state index contributed by atoms with van der Waals surface area (Å²) in [6.07, 6.45) is 0. The Morgan fingerprint density at radius 1 is 0.967 bits per heavy atom. The van der Waals surface area contributed by atoms with E-state index in [-0.39, 0.29) is 29.6 Å². The summed E-state index contributed by atoms with van der Waals surface area (Å²) in [6.45, 7) is 3.75. The first kappa shape index (κ1) is 19.5. The van der Waals surface area contributed by atoms with Gasteiger partial charge in [-0.2, -0.15) is 4.98 Å². The second-order valence-electron chi connectivity index (χ2n) is 7.03. The Morgan fingerprint density at radius 3 is 2.27 bits per heavy atom. The van der Waals surface area contributed by atoms with E-state index in [1.54, 1.807) is 41.7 Å². The van der Waals surface area contributed by atoms with E-state index in [1.807, 2.05) is 19.1 Å². The highest BCUT2D eigenvalue weighted by atomic mass is 19.1. The summed E-state index contributed by atoms with van der Waals surface area (Å²) in [6, 6.07) is 17.9. The minimum atomic E-state index is -0.383. The third kappa shape index (κ3) is 3.72. The second kappa shape index (κ2) is 7.91. The summed E-state index contributed by atoms with van der Waals surface area (Å²) in [5.74, 6) is -0.276. The molecular formula is C24H19FN2O3. The molecule has 150 valence electrons. The van der Waals surface area contributed by atoms with E-state index >= 15 is 0 Å². The van der Waals surface area contributed by atoms with Crippen LogP contribution in [0.25, 0.3) is 5.65 Å². The minimum absolute atomic E-state index is 0.159. The van der Waals surface area contributed by atoms with Gasteiger partial charge in [0.05, 0.1) is 5.56 Å². The smallest absolute Gasteiger partial charge is 0.264 e. The molecule has 30 heavy (non-hydrogen) atoms. The van der Waals surface area contributed by atoms with Crippen LogP contribution in [0, 0.1) is 19.7 Å². The normalized spacial score (nSPS) is 10.9. The summed E-state index contributed by atoms with van der Waals surface area (Å²) in [5, 5.41) is 0. The number of aromatic nitrogens is 2. The summed E-state index contributed by atoms with van der Waals surface area (Å²) < 4.78 is 20.4. The van der Waals surface area contributed by atoms with E-state index in [9.17, 15) is 14.0 Å². The first-order valence-corrected chi connectivity index (χ1v) is 9.45. The number of halogens is 1. The fraction of sp³-hybridized carbons (Fsp3) is 0.125. The lowest BCUT2D eigenvalue weighted by atomic mass is 10.0. The molecule has 0 unspecified atom stereocenters. The molecule has 4 rings (SSSR count). The third-order valence-electron chi connectivity index (χ3n) is 4.92. The van der Waals surface area contributed by atoms with Crippen LogP contribution >= 0.6 is 0 Å². The highest BCUT2D eigenvalue weighted by molar-refractivity contribution is 6.08. The number of benzene rings is 2. The highest BCUT2D eigenvalue weighted by Gasteiger charge is 2.12. The number of pyridine rings is 1. The topological polar surface area (TPSA) is 60.7 Å². The summed E-state index contributed by atoms with van der Waals surface area (Å²) in [4.78, 5) is 29.6. The van der Waals surface area contributed by atoms with E-state index in [0.717, 1.165) is 11.3 Å². The Bertz CT molecular complexity index is 1290. The molecule has 5 nitrogen and oxygen atoms in total. The van der Waals surface area contributed by atoms with Crippen LogP contribution in [-0.2, 0) is 6.61 Å². The number of carbonyl (C=O) groups is 1. The fourth-order valence-electron chi connectivity index (χ4n) is 3.21. The quantitative estimate of drug-likeness (QED) is 0.468. The summed E-state index contributed by atoms with van der Waals surface area (Å²) in [7, 11) is 0. The Hall–Kier alpha value is -3.80. The van der Waals surface area contributed by atoms with Crippen LogP contribution in [0.4, 0.5) is 4.39 Å². The number of carbonyl (C=O) groups excluding carboxylic acids is 1. The number of ether oxygens (including phenoxy) is 1.